The summed E-state index contributed by atoms with van der Waals surface area (Å²) < 4.78 is 14.0. The highest BCUT2D eigenvalue weighted by Crippen LogP contribution is 2.20. The summed E-state index contributed by atoms with van der Waals surface area (Å²) in [4.78, 5) is 33.2. The Labute approximate surface area is 156 Å². The minimum atomic E-state index is -0.231. The third-order valence-electron chi connectivity index (χ3n) is 4.43. The molecule has 0 saturated heterocycles. The van der Waals surface area contributed by atoms with Gasteiger partial charge in [0.15, 0.2) is 5.65 Å². The number of pyridine rings is 1. The van der Waals surface area contributed by atoms with E-state index < -0.39 is 0 Å². The molecular weight excluding hydrogens is 348 g/mol. The maximum atomic E-state index is 12.7. The van der Waals surface area contributed by atoms with Crippen LogP contribution in [0.1, 0.15) is 38.2 Å². The number of ether oxygens (including phenoxy) is 2. The van der Waals surface area contributed by atoms with Crippen LogP contribution in [0.5, 0.6) is 5.88 Å². The lowest BCUT2D eigenvalue weighted by atomic mass is 10.3. The zero-order valence-corrected chi connectivity index (χ0v) is 16.1. The fourth-order valence-electron chi connectivity index (χ4n) is 3.13. The second-order valence-corrected chi connectivity index (χ2v) is 6.26. The molecule has 0 unspecified atom stereocenters. The standard InChI is InChI=1S/C19H24N4O4/c1-5-14-20-12(3)17-19(25)22(4)13-9-10-15(21-18(13)23(14)17)27-11-7-8-16(24)26-6-2/h9-10H,5-8,11H2,1-4H3. The minimum Gasteiger partial charge on any atom is -0.478 e. The Bertz CT molecular complexity index is 1050. The van der Waals surface area contributed by atoms with Gasteiger partial charge in [0, 0.05) is 26.0 Å². The molecule has 3 rings (SSSR count). The number of imidazole rings is 1. The lowest BCUT2D eigenvalue weighted by Crippen LogP contribution is -2.21. The summed E-state index contributed by atoms with van der Waals surface area (Å²) in [7, 11) is 1.73. The van der Waals surface area contributed by atoms with Crippen LogP contribution in [0, 0.1) is 6.92 Å². The second-order valence-electron chi connectivity index (χ2n) is 6.26. The summed E-state index contributed by atoms with van der Waals surface area (Å²) in [6.45, 7) is 6.34. The van der Waals surface area contributed by atoms with Crippen molar-refractivity contribution < 1.29 is 14.3 Å². The summed E-state index contributed by atoms with van der Waals surface area (Å²) in [5.74, 6) is 1.00. The summed E-state index contributed by atoms with van der Waals surface area (Å²) >= 11 is 0. The van der Waals surface area contributed by atoms with Gasteiger partial charge in [-0.15, -0.1) is 0 Å². The number of fused-ring (bicyclic) bond motifs is 3. The van der Waals surface area contributed by atoms with Crippen molar-refractivity contribution in [3.8, 4) is 5.88 Å². The number of rotatable bonds is 7. The summed E-state index contributed by atoms with van der Waals surface area (Å²) in [6.07, 6.45) is 1.54. The van der Waals surface area contributed by atoms with E-state index in [0.717, 1.165) is 5.82 Å². The Morgan fingerprint density at radius 2 is 2.00 bits per heavy atom. The van der Waals surface area contributed by atoms with E-state index in [-0.39, 0.29) is 11.5 Å². The first-order chi connectivity index (χ1) is 13.0. The molecule has 8 nitrogen and oxygen atoms in total. The van der Waals surface area contributed by atoms with E-state index in [2.05, 4.69) is 9.97 Å². The maximum absolute atomic E-state index is 12.7. The van der Waals surface area contributed by atoms with Crippen LogP contribution in [0.25, 0.3) is 16.7 Å². The topological polar surface area (TPSA) is 87.7 Å². The molecule has 0 aromatic carbocycles. The van der Waals surface area contributed by atoms with Crippen LogP contribution in [0.15, 0.2) is 16.9 Å². The van der Waals surface area contributed by atoms with E-state index in [4.69, 9.17) is 9.47 Å². The van der Waals surface area contributed by atoms with Gasteiger partial charge < -0.3 is 14.0 Å². The van der Waals surface area contributed by atoms with Gasteiger partial charge in [0.1, 0.15) is 11.3 Å². The van der Waals surface area contributed by atoms with Crippen molar-refractivity contribution >= 4 is 22.6 Å². The zero-order chi connectivity index (χ0) is 19.6. The third kappa shape index (κ3) is 3.51. The molecule has 0 aliphatic rings. The fraction of sp³-hybridized carbons (Fsp3) is 0.474. The van der Waals surface area contributed by atoms with Crippen LogP contribution >= 0.6 is 0 Å². The summed E-state index contributed by atoms with van der Waals surface area (Å²) in [5.41, 5.74) is 2.47. The van der Waals surface area contributed by atoms with Gasteiger partial charge in [0.25, 0.3) is 5.56 Å². The second kappa shape index (κ2) is 7.77. The van der Waals surface area contributed by atoms with E-state index in [1.54, 1.807) is 24.6 Å². The number of hydrogen-bond acceptors (Lipinski definition) is 6. The summed E-state index contributed by atoms with van der Waals surface area (Å²) in [5, 5.41) is 0. The van der Waals surface area contributed by atoms with Gasteiger partial charge in [-0.25, -0.2) is 4.98 Å². The van der Waals surface area contributed by atoms with Crippen LogP contribution in [-0.2, 0) is 23.0 Å². The van der Waals surface area contributed by atoms with E-state index in [0.29, 0.717) is 60.7 Å². The number of nitrogens with zero attached hydrogens (tertiary/aromatic N) is 4. The molecule has 8 heteroatoms. The Morgan fingerprint density at radius 3 is 2.70 bits per heavy atom. The zero-order valence-electron chi connectivity index (χ0n) is 16.1. The van der Waals surface area contributed by atoms with Gasteiger partial charge in [-0.2, -0.15) is 4.98 Å². The molecule has 0 atom stereocenters. The van der Waals surface area contributed by atoms with Crippen LogP contribution in [0.3, 0.4) is 0 Å². The molecule has 0 spiro atoms. The third-order valence-corrected chi connectivity index (χ3v) is 4.43. The molecule has 144 valence electrons. The Hall–Kier alpha value is -2.90. The molecule has 0 saturated carbocycles. The first kappa shape index (κ1) is 18.9. The predicted octanol–water partition coefficient (Wildman–Crippen LogP) is 2.17. The molecule has 3 heterocycles. The molecule has 0 aliphatic heterocycles. The maximum Gasteiger partial charge on any atom is 0.305 e. The average molecular weight is 372 g/mol. The number of carbonyl (C=O) groups is 1. The van der Waals surface area contributed by atoms with Gasteiger partial charge in [-0.3, -0.25) is 14.0 Å². The fourth-order valence-corrected chi connectivity index (χ4v) is 3.13. The van der Waals surface area contributed by atoms with Gasteiger partial charge in [-0.05, 0) is 26.3 Å². The number of aryl methyl sites for hydroxylation is 3. The number of aromatic nitrogens is 4. The molecule has 0 N–H and O–H groups in total. The van der Waals surface area contributed by atoms with E-state index >= 15 is 0 Å². The van der Waals surface area contributed by atoms with Gasteiger partial charge >= 0.3 is 5.97 Å². The first-order valence-electron chi connectivity index (χ1n) is 9.14. The van der Waals surface area contributed by atoms with Crippen molar-refractivity contribution in [1.29, 1.82) is 0 Å². The van der Waals surface area contributed by atoms with Crippen molar-refractivity contribution in [2.45, 2.75) is 40.0 Å². The van der Waals surface area contributed by atoms with E-state index in [1.807, 2.05) is 24.3 Å². The highest BCUT2D eigenvalue weighted by molar-refractivity contribution is 5.76. The van der Waals surface area contributed by atoms with Crippen molar-refractivity contribution in [3.05, 3.63) is 34.0 Å². The van der Waals surface area contributed by atoms with Gasteiger partial charge in [0.2, 0.25) is 5.88 Å². The molecule has 0 aliphatic carbocycles. The molecular formula is C19H24N4O4. The lowest BCUT2D eigenvalue weighted by molar-refractivity contribution is -0.143. The van der Waals surface area contributed by atoms with Crippen LogP contribution in [0.4, 0.5) is 0 Å². The SMILES string of the molecule is CCOC(=O)CCCOc1ccc2c(n1)n1c(CC)nc(C)c1c(=O)n2C. The van der Waals surface area contributed by atoms with Crippen LogP contribution in [-0.4, -0.2) is 38.1 Å². The van der Waals surface area contributed by atoms with Crippen molar-refractivity contribution in [2.24, 2.45) is 7.05 Å². The van der Waals surface area contributed by atoms with Gasteiger partial charge in [-0.1, -0.05) is 6.92 Å². The monoisotopic (exact) mass is 372 g/mol. The predicted molar refractivity (Wildman–Crippen MR) is 101 cm³/mol. The normalized spacial score (nSPS) is 11.3. The molecule has 3 aromatic heterocycles. The molecule has 0 radical (unpaired) electrons. The molecule has 0 amide bonds. The van der Waals surface area contributed by atoms with E-state index in [9.17, 15) is 9.59 Å². The van der Waals surface area contributed by atoms with Crippen molar-refractivity contribution in [2.75, 3.05) is 13.2 Å². The highest BCUT2D eigenvalue weighted by Gasteiger charge is 2.17. The minimum absolute atomic E-state index is 0.0999. The van der Waals surface area contributed by atoms with Crippen molar-refractivity contribution in [1.82, 2.24) is 18.9 Å². The largest absolute Gasteiger partial charge is 0.478 e. The molecule has 0 bridgehead atoms. The number of hydrogen-bond donors (Lipinski definition) is 0. The quantitative estimate of drug-likeness (QED) is 0.467. The molecule has 0 fully saturated rings. The van der Waals surface area contributed by atoms with E-state index in [1.165, 1.54) is 0 Å². The molecule has 27 heavy (non-hydrogen) atoms. The smallest absolute Gasteiger partial charge is 0.305 e. The Morgan fingerprint density at radius 1 is 1.22 bits per heavy atom. The average Bonchev–Trinajstić information content (AvgIpc) is 3.00. The Kier molecular flexibility index (Phi) is 5.43. The number of carbonyl (C=O) groups excluding carboxylic acids is 1. The van der Waals surface area contributed by atoms with Crippen LogP contribution in [0.2, 0.25) is 0 Å². The number of esters is 1. The summed E-state index contributed by atoms with van der Waals surface area (Å²) in [6, 6.07) is 3.55. The van der Waals surface area contributed by atoms with Gasteiger partial charge in [0.05, 0.1) is 24.4 Å². The first-order valence-corrected chi connectivity index (χ1v) is 9.14. The van der Waals surface area contributed by atoms with Crippen LogP contribution < -0.4 is 10.3 Å². The molecule has 3 aromatic rings. The lowest BCUT2D eigenvalue weighted by Gasteiger charge is -2.11. The van der Waals surface area contributed by atoms with Crippen molar-refractivity contribution in [3.63, 3.8) is 0 Å². The Balaban J connectivity index is 1.94. The highest BCUT2D eigenvalue weighted by atomic mass is 16.5.